The lowest BCUT2D eigenvalue weighted by molar-refractivity contribution is -0.150. The highest BCUT2D eigenvalue weighted by molar-refractivity contribution is 5.75. The molecule has 0 spiro atoms. The highest BCUT2D eigenvalue weighted by Crippen LogP contribution is 2.31. The average Bonchev–Trinajstić information content (AvgIpc) is 2.25. The summed E-state index contributed by atoms with van der Waals surface area (Å²) in [4.78, 5) is 11.4. The van der Waals surface area contributed by atoms with Gasteiger partial charge < -0.3 is 4.74 Å². The number of fused-ring (bicyclic) bond motifs is 1. The number of carbonyl (C=O) groups excluding carboxylic acids is 1. The van der Waals surface area contributed by atoms with Gasteiger partial charge in [-0.15, -0.1) is 0 Å². The highest BCUT2D eigenvalue weighted by atomic mass is 16.5. The number of rotatable bonds is 3. The number of hydrogen-bond acceptors (Lipinski definition) is 2. The molecule has 0 radical (unpaired) electrons. The third kappa shape index (κ3) is 2.20. The molecule has 0 saturated carbocycles. The zero-order valence-electron chi connectivity index (χ0n) is 9.03. The molecule has 0 amide bonds. The number of carbonyl (C=O) groups is 1. The third-order valence-electron chi connectivity index (χ3n) is 2.83. The Kier molecular flexibility index (Phi) is 3.05. The normalized spacial score (nSPS) is 19.5. The molecule has 0 bridgehead atoms. The maximum atomic E-state index is 11.4. The van der Waals surface area contributed by atoms with Crippen molar-refractivity contribution in [2.24, 2.45) is 0 Å². The van der Waals surface area contributed by atoms with Crippen LogP contribution in [0, 0.1) is 0 Å². The monoisotopic (exact) mass is 204 g/mol. The van der Waals surface area contributed by atoms with Gasteiger partial charge in [-0.05, 0) is 24.0 Å². The van der Waals surface area contributed by atoms with Crippen LogP contribution < -0.4 is 0 Å². The van der Waals surface area contributed by atoms with Crippen molar-refractivity contribution in [3.63, 3.8) is 0 Å². The van der Waals surface area contributed by atoms with Crippen LogP contribution >= 0.6 is 0 Å². The van der Waals surface area contributed by atoms with E-state index >= 15 is 0 Å². The van der Waals surface area contributed by atoms with E-state index in [1.165, 1.54) is 5.56 Å². The number of unbranched alkanes of at least 4 members (excludes halogenated alkanes) is 1. The van der Waals surface area contributed by atoms with Gasteiger partial charge in [0.15, 0.2) is 0 Å². The van der Waals surface area contributed by atoms with E-state index < -0.39 is 0 Å². The molecule has 80 valence electrons. The van der Waals surface area contributed by atoms with Crippen molar-refractivity contribution in [2.45, 2.75) is 38.7 Å². The molecule has 0 saturated heterocycles. The third-order valence-corrected chi connectivity index (χ3v) is 2.83. The maximum absolute atomic E-state index is 11.4. The molecule has 0 aromatic heterocycles. The molecule has 1 heterocycles. The fraction of sp³-hybridized carbons (Fsp3) is 0.462. The van der Waals surface area contributed by atoms with E-state index in [1.807, 2.05) is 18.2 Å². The van der Waals surface area contributed by atoms with Gasteiger partial charge in [0.2, 0.25) is 0 Å². The van der Waals surface area contributed by atoms with Crippen molar-refractivity contribution in [2.75, 3.05) is 0 Å². The quantitative estimate of drug-likeness (QED) is 0.707. The summed E-state index contributed by atoms with van der Waals surface area (Å²) < 4.78 is 5.38. The second-order valence-electron chi connectivity index (χ2n) is 4.00. The molecule has 15 heavy (non-hydrogen) atoms. The summed E-state index contributed by atoms with van der Waals surface area (Å²) in [5, 5.41) is 0. The Morgan fingerprint density at radius 3 is 3.00 bits per heavy atom. The summed E-state index contributed by atoms with van der Waals surface area (Å²) >= 11 is 0. The van der Waals surface area contributed by atoms with Gasteiger partial charge in [-0.2, -0.15) is 0 Å². The fourth-order valence-corrected chi connectivity index (χ4v) is 2.03. The van der Waals surface area contributed by atoms with Crippen LogP contribution in [0.3, 0.4) is 0 Å². The molecule has 1 unspecified atom stereocenters. The first-order valence-corrected chi connectivity index (χ1v) is 5.58. The molecule has 2 heteroatoms. The SMILES string of the molecule is CCCCC1OC(=O)Cc2ccccc21. The predicted molar refractivity (Wildman–Crippen MR) is 58.5 cm³/mol. The molecule has 1 aliphatic heterocycles. The summed E-state index contributed by atoms with van der Waals surface area (Å²) in [7, 11) is 0. The number of esters is 1. The minimum Gasteiger partial charge on any atom is -0.457 e. The first-order valence-electron chi connectivity index (χ1n) is 5.58. The molecule has 0 fully saturated rings. The standard InChI is InChI=1S/C13H16O2/c1-2-3-8-12-11-7-5-4-6-10(11)9-13(14)15-12/h4-7,12H,2-3,8-9H2,1H3. The summed E-state index contributed by atoms with van der Waals surface area (Å²) in [6.45, 7) is 2.15. The molecule has 2 rings (SSSR count). The van der Waals surface area contributed by atoms with E-state index in [1.54, 1.807) is 0 Å². The highest BCUT2D eigenvalue weighted by Gasteiger charge is 2.25. The van der Waals surface area contributed by atoms with Gasteiger partial charge in [0.05, 0.1) is 6.42 Å². The Bertz CT molecular complexity index is 357. The fourth-order valence-electron chi connectivity index (χ4n) is 2.03. The van der Waals surface area contributed by atoms with Crippen LogP contribution in [0.15, 0.2) is 24.3 Å². The molecule has 1 aromatic carbocycles. The van der Waals surface area contributed by atoms with Crippen LogP contribution in [0.5, 0.6) is 0 Å². The number of cyclic esters (lactones) is 1. The lowest BCUT2D eigenvalue weighted by Gasteiger charge is -2.25. The average molecular weight is 204 g/mol. The van der Waals surface area contributed by atoms with Gasteiger partial charge in [0, 0.05) is 0 Å². The van der Waals surface area contributed by atoms with Gasteiger partial charge in [0.1, 0.15) is 6.10 Å². The number of benzene rings is 1. The van der Waals surface area contributed by atoms with E-state index in [0.29, 0.717) is 6.42 Å². The van der Waals surface area contributed by atoms with Crippen molar-refractivity contribution in [3.05, 3.63) is 35.4 Å². The first kappa shape index (κ1) is 10.2. The second kappa shape index (κ2) is 4.47. The van der Waals surface area contributed by atoms with Crippen LogP contribution in [0.1, 0.15) is 43.4 Å². The molecule has 0 aliphatic carbocycles. The Morgan fingerprint density at radius 2 is 2.20 bits per heavy atom. The van der Waals surface area contributed by atoms with Crippen LogP contribution in [0.4, 0.5) is 0 Å². The van der Waals surface area contributed by atoms with Gasteiger partial charge in [-0.3, -0.25) is 4.79 Å². The van der Waals surface area contributed by atoms with E-state index in [0.717, 1.165) is 24.8 Å². The zero-order valence-corrected chi connectivity index (χ0v) is 9.03. The summed E-state index contributed by atoms with van der Waals surface area (Å²) in [5.74, 6) is -0.0881. The molecule has 1 aliphatic rings. The minimum atomic E-state index is -0.0881. The van der Waals surface area contributed by atoms with Crippen molar-refractivity contribution in [3.8, 4) is 0 Å². The van der Waals surface area contributed by atoms with Gasteiger partial charge in [-0.25, -0.2) is 0 Å². The number of ether oxygens (including phenoxy) is 1. The van der Waals surface area contributed by atoms with E-state index in [4.69, 9.17) is 4.74 Å². The predicted octanol–water partition coefficient (Wildman–Crippen LogP) is 3.02. The Hall–Kier alpha value is -1.31. The topological polar surface area (TPSA) is 26.3 Å². The minimum absolute atomic E-state index is 0.0117. The van der Waals surface area contributed by atoms with Crippen LogP contribution in [0.2, 0.25) is 0 Å². The Morgan fingerprint density at radius 1 is 1.40 bits per heavy atom. The van der Waals surface area contributed by atoms with E-state index in [9.17, 15) is 4.79 Å². The second-order valence-corrected chi connectivity index (χ2v) is 4.00. The largest absolute Gasteiger partial charge is 0.457 e. The first-order chi connectivity index (χ1) is 7.31. The van der Waals surface area contributed by atoms with Crippen LogP contribution in [-0.4, -0.2) is 5.97 Å². The summed E-state index contributed by atoms with van der Waals surface area (Å²) in [6.07, 6.45) is 3.60. The molecule has 1 atom stereocenters. The molecule has 2 nitrogen and oxygen atoms in total. The number of hydrogen-bond donors (Lipinski definition) is 0. The van der Waals surface area contributed by atoms with E-state index in [-0.39, 0.29) is 12.1 Å². The van der Waals surface area contributed by atoms with Crippen molar-refractivity contribution < 1.29 is 9.53 Å². The smallest absolute Gasteiger partial charge is 0.310 e. The van der Waals surface area contributed by atoms with Crippen molar-refractivity contribution in [1.82, 2.24) is 0 Å². The Labute approximate surface area is 90.3 Å². The van der Waals surface area contributed by atoms with Gasteiger partial charge in [0.25, 0.3) is 0 Å². The maximum Gasteiger partial charge on any atom is 0.310 e. The van der Waals surface area contributed by atoms with Crippen molar-refractivity contribution in [1.29, 1.82) is 0 Å². The molecule has 1 aromatic rings. The van der Waals surface area contributed by atoms with Crippen molar-refractivity contribution >= 4 is 5.97 Å². The summed E-state index contributed by atoms with van der Waals surface area (Å²) in [6, 6.07) is 8.09. The van der Waals surface area contributed by atoms with Crippen LogP contribution in [-0.2, 0) is 16.0 Å². The van der Waals surface area contributed by atoms with E-state index in [2.05, 4.69) is 13.0 Å². The van der Waals surface area contributed by atoms with Gasteiger partial charge >= 0.3 is 5.97 Å². The Balaban J connectivity index is 2.22. The molecule has 0 N–H and O–H groups in total. The molecular weight excluding hydrogens is 188 g/mol. The lowest BCUT2D eigenvalue weighted by atomic mass is 9.94. The van der Waals surface area contributed by atoms with Gasteiger partial charge in [-0.1, -0.05) is 37.6 Å². The summed E-state index contributed by atoms with van der Waals surface area (Å²) in [5.41, 5.74) is 2.33. The molecular formula is C13H16O2. The zero-order chi connectivity index (χ0) is 10.7. The lowest BCUT2D eigenvalue weighted by Crippen LogP contribution is -2.21. The van der Waals surface area contributed by atoms with Crippen LogP contribution in [0.25, 0.3) is 0 Å².